The first kappa shape index (κ1) is 91.2. The van der Waals surface area contributed by atoms with Gasteiger partial charge in [-0.3, -0.25) is 0 Å². The Morgan fingerprint density at radius 1 is 0.284 bits per heavy atom. The van der Waals surface area contributed by atoms with Gasteiger partial charge in [-0.2, -0.15) is 0 Å². The third-order valence-electron chi connectivity index (χ3n) is 20.4. The van der Waals surface area contributed by atoms with Crippen LogP contribution in [0.25, 0.3) is 22.3 Å². The van der Waals surface area contributed by atoms with E-state index in [4.69, 9.17) is 61.6 Å². The van der Waals surface area contributed by atoms with Crippen LogP contribution in [-0.4, -0.2) is 282 Å². The number of benzene rings is 10. The van der Waals surface area contributed by atoms with Crippen LogP contribution < -0.4 is 9.47 Å². The van der Waals surface area contributed by atoms with Gasteiger partial charge in [-0.25, -0.2) is 47.9 Å². The molecule has 2 fully saturated rings. The van der Waals surface area contributed by atoms with Crippen LogP contribution >= 0.6 is 0 Å². The molecule has 134 heavy (non-hydrogen) atoms. The number of phenols is 27. The molecular weight excluding hydrogens is 1820 g/mol. The summed E-state index contributed by atoms with van der Waals surface area (Å²) in [5.41, 5.74) is -17.6. The van der Waals surface area contributed by atoms with Gasteiger partial charge >= 0.3 is 59.7 Å². The van der Waals surface area contributed by atoms with Crippen molar-refractivity contribution in [1.82, 2.24) is 0 Å². The minimum Gasteiger partial charge on any atom is -0.504 e. The van der Waals surface area contributed by atoms with E-state index in [0.29, 0.717) is 72.8 Å². The van der Waals surface area contributed by atoms with Crippen LogP contribution in [0.5, 0.6) is 178 Å². The highest BCUT2D eigenvalue weighted by molar-refractivity contribution is 6.11. The van der Waals surface area contributed by atoms with Gasteiger partial charge < -0.3 is 210 Å². The van der Waals surface area contributed by atoms with Gasteiger partial charge in [0.15, 0.2) is 175 Å². The molecule has 29 N–H and O–H groups in total. The largest absolute Gasteiger partial charge is 0.504 e. The number of hydrogen-bond acceptors (Lipinski definition) is 51. The Labute approximate surface area is 736 Å². The van der Waals surface area contributed by atoms with Gasteiger partial charge in [0.25, 0.3) is 0 Å². The van der Waals surface area contributed by atoms with E-state index < -0.39 is 390 Å². The molecule has 10 aromatic rings. The first-order valence-corrected chi connectivity index (χ1v) is 37.0. The number of aromatic carboxylic acids is 1. The molecule has 10 atom stereocenters. The van der Waals surface area contributed by atoms with Gasteiger partial charge in [0.05, 0.1) is 44.5 Å². The molecule has 4 aliphatic rings. The van der Waals surface area contributed by atoms with E-state index in [0.717, 1.165) is 0 Å². The molecule has 0 aliphatic carbocycles. The average molecular weight is 1880 g/mol. The van der Waals surface area contributed by atoms with E-state index in [2.05, 4.69) is 0 Å². The summed E-state index contributed by atoms with van der Waals surface area (Å²) in [6, 6.07) is 5.48. The molecule has 4 aliphatic heterocycles. The number of esters is 9. The molecule has 4 heterocycles. The highest BCUT2D eigenvalue weighted by Gasteiger charge is 2.57. The van der Waals surface area contributed by atoms with Crippen LogP contribution in [-0.2, 0) is 52.1 Å². The van der Waals surface area contributed by atoms with E-state index in [1.807, 2.05) is 0 Å². The minimum atomic E-state index is -3.16. The van der Waals surface area contributed by atoms with Crippen molar-refractivity contribution in [3.63, 3.8) is 0 Å². The number of fused-ring (bicyclic) bond motifs is 8. The highest BCUT2D eigenvalue weighted by atomic mass is 16.8. The van der Waals surface area contributed by atoms with Gasteiger partial charge in [0, 0.05) is 46.5 Å². The third-order valence-corrected chi connectivity index (χ3v) is 20.4. The average Bonchev–Trinajstić information content (AvgIpc) is 0.810. The van der Waals surface area contributed by atoms with Crippen LogP contribution in [0.1, 0.15) is 104 Å². The molecule has 0 spiro atoms. The number of cyclic esters (lactones) is 2. The molecule has 52 nitrogen and oxygen atoms in total. The molecule has 10 unspecified atom stereocenters. The first-order chi connectivity index (χ1) is 63.1. The number of carboxylic acid groups (broad SMARTS) is 1. The summed E-state index contributed by atoms with van der Waals surface area (Å²) in [5, 5.41) is 317. The predicted octanol–water partition coefficient (Wildman–Crippen LogP) is 3.95. The number of aliphatic hydroxyl groups is 1. The molecule has 0 saturated carbocycles. The Balaban J connectivity index is 0.888. The van der Waals surface area contributed by atoms with Crippen molar-refractivity contribution in [3.05, 3.63) is 147 Å². The smallest absolute Gasteiger partial charge is 0.344 e. The number of rotatable bonds is 15. The van der Waals surface area contributed by atoms with Gasteiger partial charge in [0.2, 0.25) is 52.6 Å². The van der Waals surface area contributed by atoms with Crippen molar-refractivity contribution in [3.8, 4) is 200 Å². The molecule has 0 amide bonds. The summed E-state index contributed by atoms with van der Waals surface area (Å²) in [4.78, 5) is 146. The summed E-state index contributed by atoms with van der Waals surface area (Å²) >= 11 is 0. The SMILES string of the molecule is O=C(OC1C(O)OC2COC(=O)c3cc(Oc4c(C(=O)OC5OC6COC(=O)c7cc(Oc8c(C(=O)O)cc(O)c(O)c8O)c(O)c(O)c7-c7c(ccc(O)c7O)C(=O)OC6C(OC(=O)c6cc(O)c(O)c(O)c6)C5OC(=O)c5cc(O)c(O)c(O)c5)cc(O)c(O)c4O)c(O)c(O)c3-c3c(cc(O)c(O)c3O)C(=O)OC2C1OC(=O)c1cc(O)c(O)c(O)c1)c1cc(O)c(O)c(O)c1. The zero-order valence-corrected chi connectivity index (χ0v) is 65.7. The second-order valence-electron chi connectivity index (χ2n) is 28.7. The van der Waals surface area contributed by atoms with Gasteiger partial charge in [-0.05, 0) is 66.7 Å². The van der Waals surface area contributed by atoms with Crippen molar-refractivity contribution in [2.45, 2.75) is 61.4 Å². The fourth-order valence-electron chi connectivity index (χ4n) is 13.9. The number of hydrogen-bond donors (Lipinski definition) is 29. The zero-order chi connectivity index (χ0) is 97.7. The van der Waals surface area contributed by atoms with Gasteiger partial charge in [-0.1, -0.05) is 0 Å². The van der Waals surface area contributed by atoms with Gasteiger partial charge in [-0.15, -0.1) is 0 Å². The van der Waals surface area contributed by atoms with Crippen molar-refractivity contribution in [2.75, 3.05) is 13.2 Å². The van der Waals surface area contributed by atoms with E-state index in [9.17, 15) is 172 Å². The quantitative estimate of drug-likeness (QED) is 0.0392. The molecule has 0 radical (unpaired) electrons. The van der Waals surface area contributed by atoms with E-state index in [1.165, 1.54) is 0 Å². The fourth-order valence-corrected chi connectivity index (χ4v) is 13.9. The maximum Gasteiger partial charge on any atom is 0.344 e. The molecule has 0 bridgehead atoms. The second-order valence-corrected chi connectivity index (χ2v) is 28.7. The minimum absolute atomic E-state index is 0.0817. The summed E-state index contributed by atoms with van der Waals surface area (Å²) in [6.07, 6.45) is -27.7. The molecular formula is C82H58O52. The van der Waals surface area contributed by atoms with E-state index in [1.54, 1.807) is 0 Å². The number of aromatic hydroxyl groups is 27. The molecule has 10 aromatic carbocycles. The maximum atomic E-state index is 15.5. The van der Waals surface area contributed by atoms with Crippen LogP contribution in [0.3, 0.4) is 0 Å². The molecule has 14 rings (SSSR count). The lowest BCUT2D eigenvalue weighted by Crippen LogP contribution is -2.63. The Kier molecular flexibility index (Phi) is 23.3. The lowest BCUT2D eigenvalue weighted by molar-refractivity contribution is -0.284. The summed E-state index contributed by atoms with van der Waals surface area (Å²) < 4.78 is 73.6. The van der Waals surface area contributed by atoms with Gasteiger partial charge in [0.1, 0.15) is 36.5 Å². The van der Waals surface area contributed by atoms with Crippen molar-refractivity contribution in [2.24, 2.45) is 0 Å². The Morgan fingerprint density at radius 3 is 1.00 bits per heavy atom. The normalized spacial score (nSPS) is 19.1. The second kappa shape index (κ2) is 34.3. The summed E-state index contributed by atoms with van der Waals surface area (Å²) in [7, 11) is 0. The fraction of sp³-hybridized carbons (Fsp3) is 0.146. The maximum absolute atomic E-state index is 15.5. The number of carboxylic acids is 1. The Hall–Kier alpha value is -19.0. The third kappa shape index (κ3) is 16.2. The van der Waals surface area contributed by atoms with Crippen LogP contribution in [0.2, 0.25) is 0 Å². The van der Waals surface area contributed by atoms with Crippen molar-refractivity contribution in [1.29, 1.82) is 0 Å². The summed E-state index contributed by atoms with van der Waals surface area (Å²) in [5.74, 6) is -65.5. The Bertz CT molecular complexity index is 6660. The molecule has 52 heteroatoms. The van der Waals surface area contributed by atoms with Crippen molar-refractivity contribution < 1.29 is 258 Å². The first-order valence-electron chi connectivity index (χ1n) is 37.0. The number of carbonyl (C=O) groups excluding carboxylic acids is 9. The topological polar surface area (TPSA) is 877 Å². The van der Waals surface area contributed by atoms with Crippen LogP contribution in [0.15, 0.2) is 91.0 Å². The van der Waals surface area contributed by atoms with E-state index in [-0.39, 0.29) is 18.2 Å². The highest BCUT2D eigenvalue weighted by Crippen LogP contribution is 2.59. The lowest BCUT2D eigenvalue weighted by atomic mass is 9.91. The molecule has 2 saturated heterocycles. The van der Waals surface area contributed by atoms with Crippen LogP contribution in [0, 0.1) is 0 Å². The molecule has 0 aromatic heterocycles. The van der Waals surface area contributed by atoms with Crippen molar-refractivity contribution >= 4 is 59.7 Å². The number of aliphatic hydroxyl groups excluding tert-OH is 1. The monoisotopic (exact) mass is 1870 g/mol. The number of ether oxygens (including phenoxy) is 13. The number of carbonyl (C=O) groups is 10. The Morgan fingerprint density at radius 2 is 0.597 bits per heavy atom. The van der Waals surface area contributed by atoms with E-state index >= 15 is 24.0 Å². The predicted molar refractivity (Wildman–Crippen MR) is 415 cm³/mol. The molecule has 698 valence electrons. The lowest BCUT2D eigenvalue weighted by Gasteiger charge is -2.43. The summed E-state index contributed by atoms with van der Waals surface area (Å²) in [6.45, 7) is -3.21. The number of phenolic OH excluding ortho intramolecular Hbond substituents is 27. The zero-order valence-electron chi connectivity index (χ0n) is 65.7. The van der Waals surface area contributed by atoms with Crippen LogP contribution in [0.4, 0.5) is 0 Å². The standard InChI is InChI=1S/C82H58O52/c83-28-2-1-22-44(52(28)99)46-24(14-40(56(103)59(46)106)124-63-26(71(110)111)12-38(93)54(101)61(63)108)76(116)123-17-43-66(128-78(22)118)68(131-73(113)19-5-31(86)49(96)32(87)6-19)70(133-75(115)21-9-35(90)51(98)36(91)10-21)82(127-43)134-80(120)27-13-39(94)55(102)62(109)64(27)125-41-15-25-47(60(107)57(41)104)45-23(11-37(92)53(100)58(45)105)79(119)129-65-42(16-122-77(25)117)126-81(121)69(132-74(114)20-7-33(88)50(97)34(89)8-20)67(65)130-72(112)18-3-29(84)48(95)30(85)4-18/h1-15,42-43,65-70,81-109,121H,16-17H2,(H,110,111).